The number of hydrogen-bond acceptors (Lipinski definition) is 4. The van der Waals surface area contributed by atoms with E-state index >= 15 is 0 Å². The van der Waals surface area contributed by atoms with Crippen LogP contribution >= 0.6 is 0 Å². The van der Waals surface area contributed by atoms with E-state index in [4.69, 9.17) is 14.6 Å². The first-order valence-corrected chi connectivity index (χ1v) is 2.48. The van der Waals surface area contributed by atoms with Crippen LogP contribution in [0.1, 0.15) is 17.9 Å². The van der Waals surface area contributed by atoms with Gasteiger partial charge in [0.2, 0.25) is 0 Å². The predicted octanol–water partition coefficient (Wildman–Crippen LogP) is -0.0338. The van der Waals surface area contributed by atoms with Crippen molar-refractivity contribution in [2.75, 3.05) is 0 Å². The Kier molecular flexibility index (Phi) is 1.50. The van der Waals surface area contributed by atoms with Gasteiger partial charge in [-0.15, -0.1) is 0 Å². The van der Waals surface area contributed by atoms with Crippen LogP contribution < -0.4 is 0 Å². The molecule has 9 heavy (non-hydrogen) atoms. The van der Waals surface area contributed by atoms with Gasteiger partial charge >= 0.3 is 0 Å². The van der Waals surface area contributed by atoms with Gasteiger partial charge < -0.3 is 14.6 Å². The summed E-state index contributed by atoms with van der Waals surface area (Å²) in [6, 6.07) is 0. The molecule has 0 spiro atoms. The van der Waals surface area contributed by atoms with Crippen LogP contribution in [-0.2, 0) is 0 Å². The number of aromatic nitrogens is 1. The molecule has 0 atom stereocenters. The molecular weight excluding hydrogens is 122 g/mol. The van der Waals surface area contributed by atoms with E-state index in [-0.39, 0.29) is 5.69 Å². The number of hydrogen-bond donors (Lipinski definition) is 2. The molecule has 0 aliphatic carbocycles. The van der Waals surface area contributed by atoms with Gasteiger partial charge in [-0.05, 0) is 0 Å². The first kappa shape index (κ1) is 6.25. The monoisotopic (exact) mass is 129 g/mol. The Morgan fingerprint density at radius 2 is 2.33 bits per heavy atom. The molecule has 0 bridgehead atoms. The van der Waals surface area contributed by atoms with Crippen LogP contribution in [0.5, 0.6) is 0 Å². The maximum absolute atomic E-state index is 8.47. The molecule has 0 aliphatic heterocycles. The fourth-order valence-corrected chi connectivity index (χ4v) is 0.499. The molecule has 0 fully saturated rings. The van der Waals surface area contributed by atoms with E-state index in [1.54, 1.807) is 6.92 Å². The predicted molar refractivity (Wildman–Crippen MR) is 28.4 cm³/mol. The van der Waals surface area contributed by atoms with Crippen molar-refractivity contribution in [1.29, 1.82) is 0 Å². The average Bonchev–Trinajstić information content (AvgIpc) is 2.14. The smallest absolute Gasteiger partial charge is 0.199 e. The molecule has 0 radical (unpaired) electrons. The number of aliphatic hydroxyl groups is 2. The van der Waals surface area contributed by atoms with E-state index < -0.39 is 6.29 Å². The number of rotatable bonds is 1. The van der Waals surface area contributed by atoms with E-state index in [1.807, 2.05) is 0 Å². The fourth-order valence-electron chi connectivity index (χ4n) is 0.499. The summed E-state index contributed by atoms with van der Waals surface area (Å²) in [6.45, 7) is 1.63. The van der Waals surface area contributed by atoms with Crippen LogP contribution in [0.25, 0.3) is 0 Å². The maximum Gasteiger partial charge on any atom is 0.199 e. The molecule has 0 aromatic carbocycles. The van der Waals surface area contributed by atoms with Gasteiger partial charge in [0.15, 0.2) is 12.2 Å². The molecule has 4 heteroatoms. The van der Waals surface area contributed by atoms with E-state index in [9.17, 15) is 0 Å². The molecule has 1 aromatic heterocycles. The van der Waals surface area contributed by atoms with Crippen molar-refractivity contribution in [3.05, 3.63) is 17.8 Å². The van der Waals surface area contributed by atoms with Gasteiger partial charge in [-0.1, -0.05) is 0 Å². The second kappa shape index (κ2) is 2.16. The molecule has 1 heterocycles. The highest BCUT2D eigenvalue weighted by atomic mass is 16.5. The third kappa shape index (κ3) is 1.28. The molecule has 4 nitrogen and oxygen atoms in total. The van der Waals surface area contributed by atoms with Gasteiger partial charge in [-0.25, -0.2) is 4.98 Å². The minimum atomic E-state index is -1.53. The molecule has 50 valence electrons. The van der Waals surface area contributed by atoms with Gasteiger partial charge in [0.05, 0.1) is 0 Å². The highest BCUT2D eigenvalue weighted by Crippen LogP contribution is 2.07. The number of oxazole rings is 1. The zero-order chi connectivity index (χ0) is 6.85. The molecule has 0 saturated carbocycles. The summed E-state index contributed by atoms with van der Waals surface area (Å²) in [7, 11) is 0. The zero-order valence-corrected chi connectivity index (χ0v) is 4.90. The largest absolute Gasteiger partial charge is 0.449 e. The Morgan fingerprint density at radius 1 is 1.67 bits per heavy atom. The second-order valence-electron chi connectivity index (χ2n) is 1.67. The molecule has 1 rings (SSSR count). The van der Waals surface area contributed by atoms with Crippen LogP contribution in [-0.4, -0.2) is 15.2 Å². The molecule has 0 unspecified atom stereocenters. The lowest BCUT2D eigenvalue weighted by molar-refractivity contribution is -0.0458. The van der Waals surface area contributed by atoms with Gasteiger partial charge in [0.25, 0.3) is 0 Å². The van der Waals surface area contributed by atoms with Crippen LogP contribution in [0.3, 0.4) is 0 Å². The van der Waals surface area contributed by atoms with E-state index in [2.05, 4.69) is 4.98 Å². The van der Waals surface area contributed by atoms with Crippen molar-refractivity contribution in [2.45, 2.75) is 13.2 Å². The molecule has 0 saturated heterocycles. The first-order valence-electron chi connectivity index (χ1n) is 2.48. The molecule has 0 amide bonds. The topological polar surface area (TPSA) is 66.5 Å². The summed E-state index contributed by atoms with van der Waals surface area (Å²) in [5.41, 5.74) is 0.146. The van der Waals surface area contributed by atoms with Crippen molar-refractivity contribution in [1.82, 2.24) is 4.98 Å². The normalized spacial score (nSPS) is 10.7. The van der Waals surface area contributed by atoms with Crippen LogP contribution in [0.15, 0.2) is 10.7 Å². The number of nitrogens with zero attached hydrogens (tertiary/aromatic N) is 1. The summed E-state index contributed by atoms with van der Waals surface area (Å²) in [5, 5.41) is 16.9. The van der Waals surface area contributed by atoms with E-state index in [1.165, 1.54) is 6.26 Å². The Hall–Kier alpha value is -0.870. The third-order valence-corrected chi connectivity index (χ3v) is 0.901. The second-order valence-corrected chi connectivity index (χ2v) is 1.67. The van der Waals surface area contributed by atoms with Crippen molar-refractivity contribution in [3.63, 3.8) is 0 Å². The summed E-state index contributed by atoms with van der Waals surface area (Å²) in [5.74, 6) is 0.429. The van der Waals surface area contributed by atoms with Gasteiger partial charge in [0, 0.05) is 6.92 Å². The van der Waals surface area contributed by atoms with Crippen LogP contribution in [0.4, 0.5) is 0 Å². The lowest BCUT2D eigenvalue weighted by atomic mass is 10.5. The number of aryl methyl sites for hydroxylation is 1. The first-order chi connectivity index (χ1) is 4.20. The highest BCUT2D eigenvalue weighted by Gasteiger charge is 2.05. The Morgan fingerprint density at radius 3 is 2.56 bits per heavy atom. The summed E-state index contributed by atoms with van der Waals surface area (Å²) >= 11 is 0. The highest BCUT2D eigenvalue weighted by molar-refractivity contribution is 4.95. The van der Waals surface area contributed by atoms with Gasteiger partial charge in [-0.2, -0.15) is 0 Å². The maximum atomic E-state index is 8.47. The van der Waals surface area contributed by atoms with Gasteiger partial charge in [0.1, 0.15) is 12.0 Å². The van der Waals surface area contributed by atoms with Crippen LogP contribution in [0.2, 0.25) is 0 Å². The summed E-state index contributed by atoms with van der Waals surface area (Å²) in [4.78, 5) is 3.64. The Balaban J connectivity index is 2.85. The van der Waals surface area contributed by atoms with Crippen molar-refractivity contribution >= 4 is 0 Å². The number of aliphatic hydroxyl groups excluding tert-OH is 1. The average molecular weight is 129 g/mol. The quantitative estimate of drug-likeness (QED) is 0.522. The fraction of sp³-hybridized carbons (Fsp3) is 0.400. The summed E-state index contributed by atoms with van der Waals surface area (Å²) in [6.07, 6.45) is -0.317. The third-order valence-electron chi connectivity index (χ3n) is 0.901. The van der Waals surface area contributed by atoms with Gasteiger partial charge in [-0.3, -0.25) is 0 Å². The van der Waals surface area contributed by atoms with Crippen molar-refractivity contribution < 1.29 is 14.6 Å². The van der Waals surface area contributed by atoms with E-state index in [0.717, 1.165) is 0 Å². The lowest BCUT2D eigenvalue weighted by Gasteiger charge is -1.92. The molecular formula is C5H7NO3. The van der Waals surface area contributed by atoms with Crippen molar-refractivity contribution in [3.8, 4) is 0 Å². The van der Waals surface area contributed by atoms with E-state index in [0.29, 0.717) is 5.89 Å². The Labute approximate surface area is 51.8 Å². The summed E-state index contributed by atoms with van der Waals surface area (Å²) < 4.78 is 4.69. The Bertz CT molecular complexity index is 194. The lowest BCUT2D eigenvalue weighted by Crippen LogP contribution is -1.93. The molecule has 2 N–H and O–H groups in total. The van der Waals surface area contributed by atoms with Crippen LogP contribution in [0, 0.1) is 6.92 Å². The standard InChI is InChI=1S/C5H7NO3/c1-3-6-4(2-9-3)5(7)8/h2,5,7-8H,1H3. The minimum absolute atomic E-state index is 0.146. The molecule has 0 aliphatic rings. The SMILES string of the molecule is Cc1nc(C(O)O)co1. The molecule has 1 aromatic rings. The zero-order valence-electron chi connectivity index (χ0n) is 4.90. The van der Waals surface area contributed by atoms with Crippen molar-refractivity contribution in [2.24, 2.45) is 0 Å². The minimum Gasteiger partial charge on any atom is -0.449 e.